The Hall–Kier alpha value is -3.64. The summed E-state index contributed by atoms with van der Waals surface area (Å²) in [5.74, 6) is 0.146. The van der Waals surface area contributed by atoms with E-state index in [2.05, 4.69) is 36.2 Å². The Bertz CT molecular complexity index is 1440. The van der Waals surface area contributed by atoms with E-state index in [9.17, 15) is 18.0 Å². The minimum absolute atomic E-state index is 0.267. The number of rotatable bonds is 5. The molecule has 0 N–H and O–H groups in total. The summed E-state index contributed by atoms with van der Waals surface area (Å²) in [6, 6.07) is 23.2. The number of nitrogens with zero attached hydrogens (tertiary/aromatic N) is 1. The first-order chi connectivity index (χ1) is 18.2. The van der Waals surface area contributed by atoms with E-state index in [4.69, 9.17) is 4.74 Å². The SMILES string of the molecule is CCOC(=O)c1cc(-c2ccc(C3CCN(C)CC3)cc2)c2ccc(-c3ccc(C(F)(F)F)cc3)cc2c1. The number of halogens is 3. The summed E-state index contributed by atoms with van der Waals surface area (Å²) in [5, 5.41) is 1.78. The minimum atomic E-state index is -4.38. The van der Waals surface area contributed by atoms with Crippen molar-refractivity contribution in [2.24, 2.45) is 0 Å². The van der Waals surface area contributed by atoms with Gasteiger partial charge in [0.05, 0.1) is 17.7 Å². The number of piperidine rings is 1. The summed E-state index contributed by atoms with van der Waals surface area (Å²) < 4.78 is 44.3. The van der Waals surface area contributed by atoms with E-state index in [1.165, 1.54) is 17.7 Å². The van der Waals surface area contributed by atoms with E-state index in [0.717, 1.165) is 65.5 Å². The van der Waals surface area contributed by atoms with Crippen molar-refractivity contribution in [1.29, 1.82) is 0 Å². The summed E-state index contributed by atoms with van der Waals surface area (Å²) in [6.45, 7) is 4.23. The van der Waals surface area contributed by atoms with Crippen molar-refractivity contribution >= 4 is 16.7 Å². The first-order valence-electron chi connectivity index (χ1n) is 12.9. The monoisotopic (exact) mass is 517 g/mol. The van der Waals surface area contributed by atoms with E-state index in [1.54, 1.807) is 13.0 Å². The average molecular weight is 518 g/mol. The van der Waals surface area contributed by atoms with Crippen molar-refractivity contribution < 1.29 is 22.7 Å². The van der Waals surface area contributed by atoms with Gasteiger partial charge in [0.2, 0.25) is 0 Å². The van der Waals surface area contributed by atoms with Gasteiger partial charge in [-0.2, -0.15) is 13.2 Å². The average Bonchev–Trinajstić information content (AvgIpc) is 2.92. The van der Waals surface area contributed by atoms with Crippen LogP contribution in [-0.4, -0.2) is 37.6 Å². The predicted molar refractivity (Wildman–Crippen MR) is 145 cm³/mol. The molecule has 6 heteroatoms. The topological polar surface area (TPSA) is 29.5 Å². The van der Waals surface area contributed by atoms with Gasteiger partial charge in [0, 0.05) is 0 Å². The zero-order chi connectivity index (χ0) is 26.9. The van der Waals surface area contributed by atoms with Gasteiger partial charge in [0.25, 0.3) is 0 Å². The van der Waals surface area contributed by atoms with Gasteiger partial charge in [-0.1, -0.05) is 48.5 Å². The highest BCUT2D eigenvalue weighted by molar-refractivity contribution is 6.04. The molecule has 0 bridgehead atoms. The maximum atomic E-state index is 13.0. The number of carbonyl (C=O) groups excluding carboxylic acids is 1. The van der Waals surface area contributed by atoms with E-state index >= 15 is 0 Å². The Labute approximate surface area is 220 Å². The molecule has 4 aromatic carbocycles. The lowest BCUT2D eigenvalue weighted by atomic mass is 9.87. The molecule has 1 saturated heterocycles. The standard InChI is InChI=1S/C32H30F3NO2/c1-3-38-31(37)27-19-26-18-25(22-8-11-28(12-9-22)32(33,34)35)10-13-29(26)30(20-27)24-6-4-21(5-7-24)23-14-16-36(2)17-15-23/h4-13,18-20,23H,3,14-17H2,1-2H3. The molecule has 196 valence electrons. The van der Waals surface area contributed by atoms with Crippen LogP contribution in [0.25, 0.3) is 33.0 Å². The van der Waals surface area contributed by atoms with Crippen LogP contribution < -0.4 is 0 Å². The number of likely N-dealkylation sites (tertiary alicyclic amines) is 1. The molecule has 5 rings (SSSR count). The quantitative estimate of drug-likeness (QED) is 0.250. The van der Waals surface area contributed by atoms with E-state index in [-0.39, 0.29) is 6.61 Å². The van der Waals surface area contributed by atoms with Crippen LogP contribution in [0.1, 0.15) is 47.2 Å². The first-order valence-corrected chi connectivity index (χ1v) is 12.9. The van der Waals surface area contributed by atoms with Gasteiger partial charge in [-0.15, -0.1) is 0 Å². The molecule has 4 aromatic rings. The van der Waals surface area contributed by atoms with E-state index < -0.39 is 17.7 Å². The second kappa shape index (κ2) is 10.6. The summed E-state index contributed by atoms with van der Waals surface area (Å²) >= 11 is 0. The first kappa shape index (κ1) is 26.0. The van der Waals surface area contributed by atoms with Crippen LogP contribution in [0, 0.1) is 0 Å². The van der Waals surface area contributed by atoms with Crippen LogP contribution in [0.15, 0.2) is 78.9 Å². The fraction of sp³-hybridized carbons (Fsp3) is 0.281. The summed E-state index contributed by atoms with van der Waals surface area (Å²) in [7, 11) is 2.16. The third-order valence-electron chi connectivity index (χ3n) is 7.42. The largest absolute Gasteiger partial charge is 0.462 e. The molecule has 1 fully saturated rings. The maximum Gasteiger partial charge on any atom is 0.416 e. The molecule has 1 aliphatic rings. The van der Waals surface area contributed by atoms with Gasteiger partial charge in [-0.25, -0.2) is 4.79 Å². The Kier molecular flexibility index (Phi) is 7.26. The van der Waals surface area contributed by atoms with Gasteiger partial charge in [0.1, 0.15) is 0 Å². The number of ether oxygens (including phenoxy) is 1. The predicted octanol–water partition coefficient (Wildman–Crippen LogP) is 8.18. The molecule has 0 radical (unpaired) electrons. The highest BCUT2D eigenvalue weighted by atomic mass is 19.4. The van der Waals surface area contributed by atoms with Crippen LogP contribution >= 0.6 is 0 Å². The van der Waals surface area contributed by atoms with Crippen LogP contribution in [0.3, 0.4) is 0 Å². The molecule has 0 saturated carbocycles. The Morgan fingerprint density at radius 3 is 2.13 bits per heavy atom. The minimum Gasteiger partial charge on any atom is -0.462 e. The van der Waals surface area contributed by atoms with Crippen molar-refractivity contribution in [2.45, 2.75) is 31.9 Å². The zero-order valence-corrected chi connectivity index (χ0v) is 21.5. The molecule has 0 aromatic heterocycles. The van der Waals surface area contributed by atoms with Crippen molar-refractivity contribution in [3.8, 4) is 22.3 Å². The Morgan fingerprint density at radius 1 is 0.868 bits per heavy atom. The highest BCUT2D eigenvalue weighted by Gasteiger charge is 2.30. The number of benzene rings is 4. The van der Waals surface area contributed by atoms with Crippen molar-refractivity contribution in [3.05, 3.63) is 95.6 Å². The molecule has 0 aliphatic carbocycles. The smallest absolute Gasteiger partial charge is 0.416 e. The Morgan fingerprint density at radius 2 is 1.50 bits per heavy atom. The molecule has 0 spiro atoms. The molecule has 1 aliphatic heterocycles. The third kappa shape index (κ3) is 5.46. The van der Waals surface area contributed by atoms with Crippen LogP contribution in [0.5, 0.6) is 0 Å². The number of hydrogen-bond acceptors (Lipinski definition) is 3. The van der Waals surface area contributed by atoms with Gasteiger partial charge < -0.3 is 9.64 Å². The third-order valence-corrected chi connectivity index (χ3v) is 7.42. The van der Waals surface area contributed by atoms with Crippen LogP contribution in [0.4, 0.5) is 13.2 Å². The van der Waals surface area contributed by atoms with E-state index in [0.29, 0.717) is 17.0 Å². The molecular weight excluding hydrogens is 487 g/mol. The normalized spacial score (nSPS) is 15.1. The molecule has 0 unspecified atom stereocenters. The highest BCUT2D eigenvalue weighted by Crippen LogP contribution is 2.36. The molecule has 1 heterocycles. The molecule has 0 amide bonds. The second-order valence-electron chi connectivity index (χ2n) is 9.95. The molecule has 38 heavy (non-hydrogen) atoms. The lowest BCUT2D eigenvalue weighted by molar-refractivity contribution is -0.137. The fourth-order valence-corrected chi connectivity index (χ4v) is 5.25. The van der Waals surface area contributed by atoms with Crippen molar-refractivity contribution in [2.75, 3.05) is 26.7 Å². The molecule has 3 nitrogen and oxygen atoms in total. The van der Waals surface area contributed by atoms with E-state index in [1.807, 2.05) is 24.3 Å². The molecule has 0 atom stereocenters. The van der Waals surface area contributed by atoms with Gasteiger partial charge in [-0.05, 0) is 115 Å². The fourth-order valence-electron chi connectivity index (χ4n) is 5.25. The Balaban J connectivity index is 1.54. The number of hydrogen-bond donors (Lipinski definition) is 0. The van der Waals surface area contributed by atoms with Gasteiger partial charge in [0.15, 0.2) is 0 Å². The van der Waals surface area contributed by atoms with Gasteiger partial charge >= 0.3 is 12.1 Å². The van der Waals surface area contributed by atoms with Gasteiger partial charge in [-0.3, -0.25) is 0 Å². The maximum absolute atomic E-state index is 13.0. The van der Waals surface area contributed by atoms with Crippen molar-refractivity contribution in [1.82, 2.24) is 4.90 Å². The second-order valence-corrected chi connectivity index (χ2v) is 9.95. The number of esters is 1. The lowest BCUT2D eigenvalue weighted by Crippen LogP contribution is -2.29. The summed E-state index contributed by atoms with van der Waals surface area (Å²) in [6.07, 6.45) is -2.10. The van der Waals surface area contributed by atoms with Crippen molar-refractivity contribution in [3.63, 3.8) is 0 Å². The number of carbonyl (C=O) groups is 1. The number of alkyl halides is 3. The zero-order valence-electron chi connectivity index (χ0n) is 21.5. The van der Waals surface area contributed by atoms with Crippen LogP contribution in [0.2, 0.25) is 0 Å². The molecular formula is C32H30F3NO2. The summed E-state index contributed by atoms with van der Waals surface area (Å²) in [5.41, 5.74) is 4.45. The lowest BCUT2D eigenvalue weighted by Gasteiger charge is -2.29. The number of fused-ring (bicyclic) bond motifs is 1. The van der Waals surface area contributed by atoms with Crippen LogP contribution in [-0.2, 0) is 10.9 Å². The summed E-state index contributed by atoms with van der Waals surface area (Å²) in [4.78, 5) is 15.1.